The third kappa shape index (κ3) is 5.07. The predicted octanol–water partition coefficient (Wildman–Crippen LogP) is 3.18. The molecule has 0 saturated heterocycles. The summed E-state index contributed by atoms with van der Waals surface area (Å²) in [5.74, 6) is -2.29. The van der Waals surface area contributed by atoms with Crippen molar-refractivity contribution in [2.24, 2.45) is 5.73 Å². The molecule has 2 unspecified atom stereocenters. The molecule has 0 aliphatic carbocycles. The van der Waals surface area contributed by atoms with Crippen LogP contribution in [-0.2, 0) is 15.1 Å². The minimum Gasteiger partial charge on any atom is -0.481 e. The van der Waals surface area contributed by atoms with Crippen molar-refractivity contribution in [1.82, 2.24) is 0 Å². The van der Waals surface area contributed by atoms with Gasteiger partial charge in [0, 0.05) is 5.69 Å². The maximum Gasteiger partial charge on any atom is 0.328 e. The summed E-state index contributed by atoms with van der Waals surface area (Å²) in [6.45, 7) is 3.60. The molecule has 0 amide bonds. The highest BCUT2D eigenvalue weighted by atomic mass is 16.4. The third-order valence-corrected chi connectivity index (χ3v) is 4.31. The SMILES string of the molecule is CCC(C(=O)O)c1ccccc1N.CCC(N)(C(=O)O)c1ccccc1. The molecule has 0 aliphatic heterocycles. The highest BCUT2D eigenvalue weighted by molar-refractivity contribution is 5.80. The number of carbonyl (C=O) groups is 2. The Morgan fingerprint density at radius 3 is 1.96 bits per heavy atom. The van der Waals surface area contributed by atoms with Gasteiger partial charge in [-0.05, 0) is 30.0 Å². The van der Waals surface area contributed by atoms with Gasteiger partial charge in [0.15, 0.2) is 0 Å². The summed E-state index contributed by atoms with van der Waals surface area (Å²) in [4.78, 5) is 21.8. The van der Waals surface area contributed by atoms with E-state index in [1.165, 1.54) is 0 Å². The Labute approximate surface area is 153 Å². The molecule has 0 heterocycles. The monoisotopic (exact) mass is 358 g/mol. The molecular formula is C20H26N2O4. The highest BCUT2D eigenvalue weighted by Crippen LogP contribution is 2.25. The third-order valence-electron chi connectivity index (χ3n) is 4.31. The molecule has 0 saturated carbocycles. The standard InChI is InChI=1S/2C10H13NO2/c1-2-10(11,9(12)13)8-6-4-3-5-7-8;1-2-7(10(12)13)8-5-3-4-6-9(8)11/h2*3-7H,2,11H2,1H3,(H,12,13). The molecule has 0 bridgehead atoms. The molecular weight excluding hydrogens is 332 g/mol. The van der Waals surface area contributed by atoms with Crippen LogP contribution in [0, 0.1) is 0 Å². The zero-order valence-corrected chi connectivity index (χ0v) is 15.1. The van der Waals surface area contributed by atoms with Crippen molar-refractivity contribution in [2.45, 2.75) is 38.1 Å². The maximum atomic E-state index is 10.9. The van der Waals surface area contributed by atoms with Gasteiger partial charge in [0.2, 0.25) is 0 Å². The topological polar surface area (TPSA) is 127 Å². The van der Waals surface area contributed by atoms with Crippen LogP contribution in [-0.4, -0.2) is 22.2 Å². The van der Waals surface area contributed by atoms with E-state index in [1.54, 1.807) is 55.5 Å². The Kier molecular flexibility index (Phi) is 7.80. The predicted molar refractivity (Wildman–Crippen MR) is 102 cm³/mol. The van der Waals surface area contributed by atoms with Crippen molar-refractivity contribution >= 4 is 17.6 Å². The highest BCUT2D eigenvalue weighted by Gasteiger charge is 2.33. The summed E-state index contributed by atoms with van der Waals surface area (Å²) in [5, 5.41) is 17.9. The number of rotatable bonds is 6. The van der Waals surface area contributed by atoms with Gasteiger partial charge >= 0.3 is 11.9 Å². The van der Waals surface area contributed by atoms with Crippen molar-refractivity contribution in [3.05, 3.63) is 65.7 Å². The van der Waals surface area contributed by atoms with Crippen LogP contribution < -0.4 is 11.5 Å². The van der Waals surface area contributed by atoms with Gasteiger partial charge in [-0.1, -0.05) is 62.4 Å². The summed E-state index contributed by atoms with van der Waals surface area (Å²) in [6.07, 6.45) is 0.940. The molecule has 0 aromatic heterocycles. The lowest BCUT2D eigenvalue weighted by atomic mass is 9.89. The number of nitrogen functional groups attached to an aromatic ring is 1. The van der Waals surface area contributed by atoms with E-state index in [-0.39, 0.29) is 0 Å². The van der Waals surface area contributed by atoms with E-state index >= 15 is 0 Å². The van der Waals surface area contributed by atoms with Gasteiger partial charge in [-0.25, -0.2) is 4.79 Å². The smallest absolute Gasteiger partial charge is 0.328 e. The van der Waals surface area contributed by atoms with Gasteiger partial charge in [-0.2, -0.15) is 0 Å². The first-order chi connectivity index (χ1) is 12.3. The molecule has 2 atom stereocenters. The molecule has 6 nitrogen and oxygen atoms in total. The van der Waals surface area contributed by atoms with Crippen molar-refractivity contribution in [1.29, 1.82) is 0 Å². The van der Waals surface area contributed by atoms with E-state index in [0.717, 1.165) is 0 Å². The number of hydrogen-bond donors (Lipinski definition) is 4. The normalized spacial score (nSPS) is 13.7. The van der Waals surface area contributed by atoms with E-state index in [0.29, 0.717) is 29.7 Å². The number of hydrogen-bond acceptors (Lipinski definition) is 4. The van der Waals surface area contributed by atoms with E-state index in [2.05, 4.69) is 0 Å². The Balaban J connectivity index is 0.000000260. The number of para-hydroxylation sites is 1. The first kappa shape index (κ1) is 21.2. The number of carboxylic acid groups (broad SMARTS) is 2. The lowest BCUT2D eigenvalue weighted by Gasteiger charge is -2.23. The number of benzene rings is 2. The maximum absolute atomic E-state index is 10.9. The van der Waals surface area contributed by atoms with E-state index in [9.17, 15) is 9.59 Å². The average Bonchev–Trinajstić information content (AvgIpc) is 2.64. The number of anilines is 1. The van der Waals surface area contributed by atoms with Crippen LogP contribution in [0.3, 0.4) is 0 Å². The van der Waals surface area contributed by atoms with Crippen molar-refractivity contribution < 1.29 is 19.8 Å². The van der Waals surface area contributed by atoms with Crippen LogP contribution >= 0.6 is 0 Å². The minimum absolute atomic E-state index is 0.381. The van der Waals surface area contributed by atoms with E-state index in [1.807, 2.05) is 13.0 Å². The van der Waals surface area contributed by atoms with Gasteiger partial charge < -0.3 is 21.7 Å². The molecule has 2 aromatic rings. The fourth-order valence-corrected chi connectivity index (χ4v) is 2.57. The molecule has 26 heavy (non-hydrogen) atoms. The molecule has 0 radical (unpaired) electrons. The molecule has 140 valence electrons. The Hall–Kier alpha value is -2.86. The summed E-state index contributed by atoms with van der Waals surface area (Å²) in [7, 11) is 0. The average molecular weight is 358 g/mol. The molecule has 2 rings (SSSR count). The Morgan fingerprint density at radius 2 is 1.54 bits per heavy atom. The lowest BCUT2D eigenvalue weighted by molar-refractivity contribution is -0.144. The Morgan fingerprint density at radius 1 is 1.00 bits per heavy atom. The van der Waals surface area contributed by atoms with Gasteiger partial charge in [-0.3, -0.25) is 4.79 Å². The first-order valence-electron chi connectivity index (χ1n) is 8.42. The molecule has 6 N–H and O–H groups in total. The second-order valence-electron chi connectivity index (χ2n) is 5.92. The quantitative estimate of drug-likeness (QED) is 0.587. The largest absolute Gasteiger partial charge is 0.481 e. The van der Waals surface area contributed by atoms with E-state index in [4.69, 9.17) is 21.7 Å². The van der Waals surface area contributed by atoms with Gasteiger partial charge in [0.05, 0.1) is 5.92 Å². The van der Waals surface area contributed by atoms with Crippen LogP contribution in [0.5, 0.6) is 0 Å². The van der Waals surface area contributed by atoms with Gasteiger partial charge in [0.25, 0.3) is 0 Å². The lowest BCUT2D eigenvalue weighted by Crippen LogP contribution is -2.44. The molecule has 0 spiro atoms. The van der Waals surface area contributed by atoms with Crippen molar-refractivity contribution in [2.75, 3.05) is 5.73 Å². The van der Waals surface area contributed by atoms with Crippen LogP contribution in [0.1, 0.15) is 43.7 Å². The van der Waals surface area contributed by atoms with Crippen LogP contribution in [0.2, 0.25) is 0 Å². The fraction of sp³-hybridized carbons (Fsp3) is 0.300. The number of aliphatic carboxylic acids is 2. The van der Waals surface area contributed by atoms with Crippen molar-refractivity contribution in [3.8, 4) is 0 Å². The van der Waals surface area contributed by atoms with Crippen LogP contribution in [0.25, 0.3) is 0 Å². The first-order valence-corrected chi connectivity index (χ1v) is 8.42. The molecule has 2 aromatic carbocycles. The van der Waals surface area contributed by atoms with E-state index < -0.39 is 23.4 Å². The summed E-state index contributed by atoms with van der Waals surface area (Å²) in [6, 6.07) is 16.0. The van der Waals surface area contributed by atoms with Gasteiger partial charge in [-0.15, -0.1) is 0 Å². The second-order valence-corrected chi connectivity index (χ2v) is 5.92. The molecule has 0 aliphatic rings. The van der Waals surface area contributed by atoms with Crippen LogP contribution in [0.15, 0.2) is 54.6 Å². The van der Waals surface area contributed by atoms with Crippen LogP contribution in [0.4, 0.5) is 5.69 Å². The van der Waals surface area contributed by atoms with Gasteiger partial charge in [0.1, 0.15) is 5.54 Å². The fourth-order valence-electron chi connectivity index (χ4n) is 2.57. The molecule has 6 heteroatoms. The molecule has 0 fully saturated rings. The summed E-state index contributed by atoms with van der Waals surface area (Å²) >= 11 is 0. The number of carboxylic acids is 2. The van der Waals surface area contributed by atoms with Crippen molar-refractivity contribution in [3.63, 3.8) is 0 Å². The Bertz CT molecular complexity index is 734. The second kappa shape index (κ2) is 9.58. The number of nitrogens with two attached hydrogens (primary N) is 2. The summed E-state index contributed by atoms with van der Waals surface area (Å²) < 4.78 is 0. The zero-order chi connectivity index (χ0) is 19.7. The minimum atomic E-state index is -1.25. The zero-order valence-electron chi connectivity index (χ0n) is 15.1. The summed E-state index contributed by atoms with van der Waals surface area (Å²) in [5.41, 5.74) is 12.1.